The minimum atomic E-state index is -1.31. The predicted molar refractivity (Wildman–Crippen MR) is 47.4 cm³/mol. The molecule has 1 heterocycles. The molecule has 0 aliphatic carbocycles. The van der Waals surface area contributed by atoms with Crippen molar-refractivity contribution in [1.29, 1.82) is 0 Å². The summed E-state index contributed by atoms with van der Waals surface area (Å²) in [7, 11) is 0. The molecule has 0 bridgehead atoms. The number of carboxylic acids is 1. The molecule has 14 heavy (non-hydrogen) atoms. The molecule has 5 nitrogen and oxygen atoms in total. The second-order valence-electron chi connectivity index (χ2n) is 2.67. The van der Waals surface area contributed by atoms with E-state index in [-0.39, 0.29) is 17.4 Å². The van der Waals surface area contributed by atoms with Crippen LogP contribution in [-0.4, -0.2) is 33.3 Å². The van der Waals surface area contributed by atoms with Crippen LogP contribution in [0.5, 0.6) is 0 Å². The van der Waals surface area contributed by atoms with Crippen molar-refractivity contribution in [2.75, 3.05) is 5.88 Å². The lowest BCUT2D eigenvalue weighted by Gasteiger charge is -2.11. The first kappa shape index (κ1) is 11.0. The number of rotatable bonds is 4. The molecule has 0 saturated heterocycles. The Kier molecular flexibility index (Phi) is 3.51. The number of halogens is 1. The van der Waals surface area contributed by atoms with Gasteiger partial charge >= 0.3 is 5.97 Å². The molecule has 3 N–H and O–H groups in total. The standard InChI is InChI=1S/C8H9ClO5/c9-3-4(10)7(11)5-1-2-6(14-5)8(12)13/h1-2,4,7,10-11H,3H2,(H,12,13). The molecular formula is C8H9ClO5. The zero-order valence-corrected chi connectivity index (χ0v) is 7.81. The van der Waals surface area contributed by atoms with E-state index in [1.54, 1.807) is 0 Å². The van der Waals surface area contributed by atoms with Crippen molar-refractivity contribution in [3.05, 3.63) is 23.7 Å². The summed E-state index contributed by atoms with van der Waals surface area (Å²) in [5.74, 6) is -1.70. The molecule has 0 saturated carbocycles. The fourth-order valence-electron chi connectivity index (χ4n) is 0.901. The zero-order chi connectivity index (χ0) is 10.7. The van der Waals surface area contributed by atoms with E-state index >= 15 is 0 Å². The monoisotopic (exact) mass is 220 g/mol. The predicted octanol–water partition coefficient (Wildman–Crippen LogP) is 0.611. The van der Waals surface area contributed by atoms with Gasteiger partial charge in [-0.05, 0) is 12.1 Å². The maximum Gasteiger partial charge on any atom is 0.371 e. The maximum absolute atomic E-state index is 10.4. The molecule has 2 atom stereocenters. The largest absolute Gasteiger partial charge is 0.475 e. The van der Waals surface area contributed by atoms with E-state index in [4.69, 9.17) is 26.2 Å². The third-order valence-electron chi connectivity index (χ3n) is 1.65. The number of alkyl halides is 1. The lowest BCUT2D eigenvalue weighted by atomic mass is 10.2. The molecule has 0 radical (unpaired) electrons. The summed E-state index contributed by atoms with van der Waals surface area (Å²) in [6.45, 7) is 0. The Bertz CT molecular complexity index is 321. The lowest BCUT2D eigenvalue weighted by molar-refractivity contribution is 0.0176. The van der Waals surface area contributed by atoms with E-state index in [1.165, 1.54) is 12.1 Å². The number of aliphatic hydroxyl groups excluding tert-OH is 2. The van der Waals surface area contributed by atoms with Gasteiger partial charge in [-0.3, -0.25) is 0 Å². The van der Waals surface area contributed by atoms with Gasteiger partial charge in [0.05, 0.1) is 5.88 Å². The van der Waals surface area contributed by atoms with Gasteiger partial charge in [0.15, 0.2) is 0 Å². The molecule has 6 heteroatoms. The number of hydrogen-bond donors (Lipinski definition) is 3. The minimum Gasteiger partial charge on any atom is -0.475 e. The quantitative estimate of drug-likeness (QED) is 0.647. The second-order valence-corrected chi connectivity index (χ2v) is 2.98. The number of aliphatic hydroxyl groups is 2. The van der Waals surface area contributed by atoms with Gasteiger partial charge in [-0.25, -0.2) is 4.79 Å². The van der Waals surface area contributed by atoms with E-state index in [0.29, 0.717) is 0 Å². The minimum absolute atomic E-state index is 0.0180. The number of carboxylic acid groups (broad SMARTS) is 1. The maximum atomic E-state index is 10.4. The summed E-state index contributed by atoms with van der Waals surface area (Å²) in [4.78, 5) is 10.4. The molecule has 1 rings (SSSR count). The van der Waals surface area contributed by atoms with Crippen LogP contribution in [-0.2, 0) is 0 Å². The molecule has 0 spiro atoms. The van der Waals surface area contributed by atoms with E-state index in [2.05, 4.69) is 0 Å². The first-order valence-corrected chi connectivity index (χ1v) is 4.35. The highest BCUT2D eigenvalue weighted by atomic mass is 35.5. The van der Waals surface area contributed by atoms with Gasteiger partial charge in [-0.1, -0.05) is 0 Å². The molecule has 2 unspecified atom stereocenters. The van der Waals surface area contributed by atoms with Crippen LogP contribution in [0.3, 0.4) is 0 Å². The Morgan fingerprint density at radius 2 is 2.14 bits per heavy atom. The van der Waals surface area contributed by atoms with Crippen molar-refractivity contribution in [2.45, 2.75) is 12.2 Å². The van der Waals surface area contributed by atoms with E-state index < -0.39 is 18.2 Å². The van der Waals surface area contributed by atoms with E-state index in [0.717, 1.165) is 0 Å². The summed E-state index contributed by atoms with van der Waals surface area (Å²) >= 11 is 5.30. The highest BCUT2D eigenvalue weighted by Crippen LogP contribution is 2.20. The number of carbonyl (C=O) groups is 1. The Hall–Kier alpha value is -1.04. The van der Waals surface area contributed by atoms with Crippen LogP contribution in [0.25, 0.3) is 0 Å². The fraction of sp³-hybridized carbons (Fsp3) is 0.375. The number of aromatic carboxylic acids is 1. The van der Waals surface area contributed by atoms with Gasteiger partial charge in [0, 0.05) is 0 Å². The van der Waals surface area contributed by atoms with Crippen molar-refractivity contribution in [3.63, 3.8) is 0 Å². The molecule has 78 valence electrons. The molecular weight excluding hydrogens is 212 g/mol. The third kappa shape index (κ3) is 2.25. The fourth-order valence-corrected chi connectivity index (χ4v) is 1.07. The first-order chi connectivity index (χ1) is 6.56. The molecule has 0 aromatic carbocycles. The smallest absolute Gasteiger partial charge is 0.371 e. The van der Waals surface area contributed by atoms with Gasteiger partial charge in [0.1, 0.15) is 18.0 Å². The third-order valence-corrected chi connectivity index (χ3v) is 1.97. The van der Waals surface area contributed by atoms with Gasteiger partial charge < -0.3 is 19.7 Å². The topological polar surface area (TPSA) is 90.9 Å². The Labute approximate surface area is 84.5 Å². The molecule has 0 amide bonds. The molecule has 1 aromatic rings. The van der Waals surface area contributed by atoms with Crippen molar-refractivity contribution < 1.29 is 24.5 Å². The Morgan fingerprint density at radius 3 is 2.57 bits per heavy atom. The Morgan fingerprint density at radius 1 is 1.50 bits per heavy atom. The summed E-state index contributed by atoms with van der Waals surface area (Å²) in [5.41, 5.74) is 0. The highest BCUT2D eigenvalue weighted by molar-refractivity contribution is 6.18. The average molecular weight is 221 g/mol. The van der Waals surface area contributed by atoms with Crippen LogP contribution < -0.4 is 0 Å². The van der Waals surface area contributed by atoms with Crippen LogP contribution in [0.15, 0.2) is 16.5 Å². The van der Waals surface area contributed by atoms with Crippen molar-refractivity contribution in [3.8, 4) is 0 Å². The first-order valence-electron chi connectivity index (χ1n) is 3.81. The number of hydrogen-bond acceptors (Lipinski definition) is 4. The second kappa shape index (κ2) is 4.45. The van der Waals surface area contributed by atoms with Gasteiger partial charge in [0.25, 0.3) is 0 Å². The summed E-state index contributed by atoms with van der Waals surface area (Å²) in [6.07, 6.45) is -2.48. The summed E-state index contributed by atoms with van der Waals surface area (Å²) < 4.78 is 4.76. The molecule has 0 aliphatic heterocycles. The van der Waals surface area contributed by atoms with Crippen LogP contribution >= 0.6 is 11.6 Å². The highest BCUT2D eigenvalue weighted by Gasteiger charge is 2.22. The lowest BCUT2D eigenvalue weighted by Crippen LogP contribution is -2.19. The SMILES string of the molecule is O=C(O)c1ccc(C(O)C(O)CCl)o1. The van der Waals surface area contributed by atoms with Crippen molar-refractivity contribution in [1.82, 2.24) is 0 Å². The molecule has 1 aromatic heterocycles. The van der Waals surface area contributed by atoms with Gasteiger partial charge in [0.2, 0.25) is 5.76 Å². The van der Waals surface area contributed by atoms with Gasteiger partial charge in [-0.15, -0.1) is 11.6 Å². The molecule has 0 aliphatic rings. The Balaban J connectivity index is 2.81. The van der Waals surface area contributed by atoms with E-state index in [1.807, 2.05) is 0 Å². The zero-order valence-electron chi connectivity index (χ0n) is 7.05. The van der Waals surface area contributed by atoms with Crippen molar-refractivity contribution in [2.24, 2.45) is 0 Å². The van der Waals surface area contributed by atoms with Crippen LogP contribution in [0, 0.1) is 0 Å². The summed E-state index contributed by atoms with van der Waals surface area (Å²) in [5, 5.41) is 27.0. The van der Waals surface area contributed by atoms with Crippen molar-refractivity contribution >= 4 is 17.6 Å². The van der Waals surface area contributed by atoms with E-state index in [9.17, 15) is 9.90 Å². The number of furan rings is 1. The normalized spacial score (nSPS) is 15.1. The van der Waals surface area contributed by atoms with Gasteiger partial charge in [-0.2, -0.15) is 0 Å². The average Bonchev–Trinajstić information content (AvgIpc) is 2.64. The van der Waals surface area contributed by atoms with Crippen LogP contribution in [0.2, 0.25) is 0 Å². The van der Waals surface area contributed by atoms with Crippen LogP contribution in [0.1, 0.15) is 22.4 Å². The molecule has 0 fully saturated rings. The van der Waals surface area contributed by atoms with Crippen LogP contribution in [0.4, 0.5) is 0 Å². The summed E-state index contributed by atoms with van der Waals surface area (Å²) in [6, 6.07) is 2.48.